The molecule has 0 saturated carbocycles. The fraction of sp³-hybridized carbons (Fsp3) is 0. The van der Waals surface area contributed by atoms with Gasteiger partial charge in [-0.05, 0) is 12.1 Å². The van der Waals surface area contributed by atoms with Crippen molar-refractivity contribution in [3.63, 3.8) is 0 Å². The molecule has 0 amide bonds. The second kappa shape index (κ2) is 2.02. The number of nitrogens with zero attached hydrogens (tertiary/aromatic N) is 3. The molecule has 10 heavy (non-hydrogen) atoms. The van der Waals surface area contributed by atoms with Crippen LogP contribution in [0.5, 0.6) is 0 Å². The van der Waals surface area contributed by atoms with E-state index in [1.807, 2.05) is 6.07 Å². The van der Waals surface area contributed by atoms with Gasteiger partial charge in [0.15, 0.2) is 0 Å². The van der Waals surface area contributed by atoms with Crippen LogP contribution < -0.4 is 0 Å². The molecule has 0 atom stereocenters. The van der Waals surface area contributed by atoms with Crippen LogP contribution in [0.4, 0.5) is 0 Å². The Kier molecular flexibility index (Phi) is 1.07. The van der Waals surface area contributed by atoms with Crippen LogP contribution in [0.2, 0.25) is 0 Å². The van der Waals surface area contributed by atoms with Gasteiger partial charge in [0.05, 0.1) is 17.9 Å². The zero-order valence-corrected chi connectivity index (χ0v) is 5.15. The molecule has 2 rings (SSSR count). The minimum atomic E-state index is 0.782. The van der Waals surface area contributed by atoms with E-state index in [2.05, 4.69) is 21.1 Å². The maximum Gasteiger partial charge on any atom is 0.116 e. The Bertz CT molecular complexity index is 280. The lowest BCUT2D eigenvalue weighted by Crippen LogP contribution is -1.82. The lowest BCUT2D eigenvalue weighted by Gasteiger charge is -1.89. The molecule has 2 aromatic rings. The second-order valence-electron chi connectivity index (χ2n) is 1.87. The molecule has 3 nitrogen and oxygen atoms in total. The van der Waals surface area contributed by atoms with Gasteiger partial charge >= 0.3 is 0 Å². The van der Waals surface area contributed by atoms with Gasteiger partial charge in [-0.15, -0.1) is 0 Å². The first-order chi connectivity index (χ1) is 4.97. The molecule has 0 aliphatic carbocycles. The van der Waals surface area contributed by atoms with Crippen molar-refractivity contribution < 1.29 is 0 Å². The fourth-order valence-electron chi connectivity index (χ4n) is 0.769. The van der Waals surface area contributed by atoms with E-state index in [-0.39, 0.29) is 0 Å². The first-order valence-electron chi connectivity index (χ1n) is 2.89. The van der Waals surface area contributed by atoms with Gasteiger partial charge in [-0.25, -0.2) is 15.0 Å². The van der Waals surface area contributed by atoms with E-state index in [1.165, 1.54) is 6.33 Å². The highest BCUT2D eigenvalue weighted by molar-refractivity contribution is 5.71. The Labute approximate surface area is 57.8 Å². The quantitative estimate of drug-likeness (QED) is 0.530. The summed E-state index contributed by atoms with van der Waals surface area (Å²) in [6, 6.07) is 3.58. The Morgan fingerprint density at radius 3 is 3.20 bits per heavy atom. The van der Waals surface area contributed by atoms with Gasteiger partial charge in [0.25, 0.3) is 0 Å². The lowest BCUT2D eigenvalue weighted by molar-refractivity contribution is 1.19. The summed E-state index contributed by atoms with van der Waals surface area (Å²) in [4.78, 5) is 11.7. The summed E-state index contributed by atoms with van der Waals surface area (Å²) >= 11 is 0. The van der Waals surface area contributed by atoms with Gasteiger partial charge < -0.3 is 0 Å². The summed E-state index contributed by atoms with van der Waals surface area (Å²) in [5.41, 5.74) is 1.64. The fourth-order valence-corrected chi connectivity index (χ4v) is 0.769. The Morgan fingerprint density at radius 1 is 1.30 bits per heavy atom. The smallest absolute Gasteiger partial charge is 0.116 e. The number of hydrogen-bond acceptors (Lipinski definition) is 3. The molecular weight excluding hydrogens is 126 g/mol. The summed E-state index contributed by atoms with van der Waals surface area (Å²) in [5.74, 6) is 0. The van der Waals surface area contributed by atoms with Crippen molar-refractivity contribution in [3.8, 4) is 0 Å². The third-order valence-electron chi connectivity index (χ3n) is 1.22. The molecule has 47 valence electrons. The molecule has 0 N–H and O–H groups in total. The zero-order valence-electron chi connectivity index (χ0n) is 5.15. The molecule has 0 aliphatic heterocycles. The van der Waals surface area contributed by atoms with E-state index in [4.69, 9.17) is 0 Å². The zero-order chi connectivity index (χ0) is 6.81. The van der Waals surface area contributed by atoms with E-state index in [9.17, 15) is 0 Å². The van der Waals surface area contributed by atoms with Gasteiger partial charge in [-0.3, -0.25) is 0 Å². The molecule has 0 saturated heterocycles. The lowest BCUT2D eigenvalue weighted by atomic mass is 10.4. The van der Waals surface area contributed by atoms with Crippen LogP contribution in [0, 0.1) is 6.20 Å². The monoisotopic (exact) mass is 130 g/mol. The molecule has 0 spiro atoms. The summed E-state index contributed by atoms with van der Waals surface area (Å²) < 4.78 is 0. The van der Waals surface area contributed by atoms with Crippen molar-refractivity contribution in [1.82, 2.24) is 15.0 Å². The standard InChI is InChI=1S/C7H4N3/c1-2-6-7(9-3-1)4-8-5-10-6/h1-2,4-5H. The van der Waals surface area contributed by atoms with E-state index < -0.39 is 0 Å². The van der Waals surface area contributed by atoms with Gasteiger partial charge in [-0.1, -0.05) is 0 Å². The number of fused-ring (bicyclic) bond motifs is 1. The van der Waals surface area contributed by atoms with Gasteiger partial charge in [0.1, 0.15) is 11.8 Å². The second-order valence-corrected chi connectivity index (χ2v) is 1.87. The SMILES string of the molecule is [c]1ccc2ncncc2n1. The van der Waals surface area contributed by atoms with Crippen molar-refractivity contribution >= 4 is 11.0 Å². The largest absolute Gasteiger partial charge is 0.243 e. The predicted octanol–water partition coefficient (Wildman–Crippen LogP) is 0.825. The van der Waals surface area contributed by atoms with Crippen LogP contribution in [0.1, 0.15) is 0 Å². The molecule has 0 fully saturated rings. The van der Waals surface area contributed by atoms with E-state index in [0.29, 0.717) is 0 Å². The van der Waals surface area contributed by atoms with E-state index in [1.54, 1.807) is 12.3 Å². The average molecular weight is 130 g/mol. The first-order valence-corrected chi connectivity index (χ1v) is 2.89. The third-order valence-corrected chi connectivity index (χ3v) is 1.22. The average Bonchev–Trinajstić information content (AvgIpc) is 2.05. The summed E-state index contributed by atoms with van der Waals surface area (Å²) in [6.45, 7) is 0. The minimum Gasteiger partial charge on any atom is -0.243 e. The first kappa shape index (κ1) is 5.29. The molecular formula is C7H4N3. The van der Waals surface area contributed by atoms with Crippen molar-refractivity contribution in [2.75, 3.05) is 0 Å². The maximum absolute atomic E-state index is 3.99. The minimum absolute atomic E-state index is 0.782. The van der Waals surface area contributed by atoms with Gasteiger partial charge in [0.2, 0.25) is 0 Å². The molecule has 0 aromatic carbocycles. The Morgan fingerprint density at radius 2 is 2.30 bits per heavy atom. The van der Waals surface area contributed by atoms with Crippen LogP contribution in [-0.4, -0.2) is 15.0 Å². The van der Waals surface area contributed by atoms with Crippen LogP contribution in [0.3, 0.4) is 0 Å². The third kappa shape index (κ3) is 0.719. The Balaban J connectivity index is 2.89. The van der Waals surface area contributed by atoms with Gasteiger partial charge in [0, 0.05) is 0 Å². The van der Waals surface area contributed by atoms with E-state index in [0.717, 1.165) is 11.0 Å². The summed E-state index contributed by atoms with van der Waals surface area (Å²) in [7, 11) is 0. The van der Waals surface area contributed by atoms with Crippen LogP contribution >= 0.6 is 0 Å². The van der Waals surface area contributed by atoms with Crippen molar-refractivity contribution in [2.45, 2.75) is 0 Å². The molecule has 0 unspecified atom stereocenters. The molecule has 2 aromatic heterocycles. The van der Waals surface area contributed by atoms with Crippen LogP contribution in [-0.2, 0) is 0 Å². The molecule has 1 radical (unpaired) electrons. The van der Waals surface area contributed by atoms with Gasteiger partial charge in [-0.2, -0.15) is 0 Å². The highest BCUT2D eigenvalue weighted by Crippen LogP contribution is 2.01. The maximum atomic E-state index is 3.99. The summed E-state index contributed by atoms with van der Waals surface area (Å²) in [5, 5.41) is 0. The predicted molar refractivity (Wildman–Crippen MR) is 36.2 cm³/mol. The van der Waals surface area contributed by atoms with Crippen molar-refractivity contribution in [3.05, 3.63) is 30.9 Å². The van der Waals surface area contributed by atoms with Crippen molar-refractivity contribution in [2.24, 2.45) is 0 Å². The molecule has 0 bridgehead atoms. The molecule has 0 aliphatic rings. The number of pyridine rings is 1. The van der Waals surface area contributed by atoms with E-state index >= 15 is 0 Å². The highest BCUT2D eigenvalue weighted by Gasteiger charge is 1.89. The van der Waals surface area contributed by atoms with Crippen LogP contribution in [0.15, 0.2) is 24.7 Å². The molecule has 2 heterocycles. The number of rotatable bonds is 0. The Hall–Kier alpha value is -1.51. The normalized spacial score (nSPS) is 10.0. The topological polar surface area (TPSA) is 38.7 Å². The highest BCUT2D eigenvalue weighted by atomic mass is 14.8. The van der Waals surface area contributed by atoms with Crippen LogP contribution in [0.25, 0.3) is 11.0 Å². The molecule has 3 heteroatoms. The number of hydrogen-bond donors (Lipinski definition) is 0. The van der Waals surface area contributed by atoms with Crippen molar-refractivity contribution in [1.29, 1.82) is 0 Å². The number of aromatic nitrogens is 3. The summed E-state index contributed by atoms with van der Waals surface area (Å²) in [6.07, 6.45) is 5.87.